The minimum Gasteiger partial charge on any atom is -0.410 e. The number of imide groups is 1. The van der Waals surface area contributed by atoms with Gasteiger partial charge in [-0.25, -0.2) is 34.1 Å². The minimum absolute atomic E-state index is 0.0546. The van der Waals surface area contributed by atoms with Gasteiger partial charge in [-0.15, -0.1) is 0 Å². The highest BCUT2D eigenvalue weighted by Gasteiger charge is 2.28. The Balaban J connectivity index is 2.14. The number of para-hydroxylation sites is 2. The molecule has 2 amide bonds. The molecule has 9 nitrogen and oxygen atoms in total. The number of rotatable bonds is 13. The largest absolute Gasteiger partial charge is 0.424 e. The van der Waals surface area contributed by atoms with Crippen molar-refractivity contribution in [1.82, 2.24) is 4.90 Å². The van der Waals surface area contributed by atoms with Crippen LogP contribution < -0.4 is 9.47 Å². The molecule has 0 aliphatic rings. The fourth-order valence-corrected chi connectivity index (χ4v) is 3.27. The van der Waals surface area contributed by atoms with Gasteiger partial charge in [0.2, 0.25) is 12.2 Å². The monoisotopic (exact) mass is 465 g/mol. The maximum atomic E-state index is 12.9. The van der Waals surface area contributed by atoms with E-state index in [9.17, 15) is 19.2 Å². The molecule has 0 saturated heterocycles. The average molecular weight is 466 g/mol. The van der Waals surface area contributed by atoms with Crippen molar-refractivity contribution in [2.75, 3.05) is 19.6 Å². The van der Waals surface area contributed by atoms with Crippen LogP contribution in [0.25, 0.3) is 0 Å². The summed E-state index contributed by atoms with van der Waals surface area (Å²) in [6.45, 7) is 0.721. The van der Waals surface area contributed by atoms with Crippen LogP contribution in [0.4, 0.5) is 9.59 Å². The Morgan fingerprint density at radius 1 is 0.735 bits per heavy atom. The second-order valence-corrected chi connectivity index (χ2v) is 7.42. The first-order chi connectivity index (χ1) is 16.6. The summed E-state index contributed by atoms with van der Waals surface area (Å²) >= 11 is 0. The van der Waals surface area contributed by atoms with E-state index in [1.54, 1.807) is 60.7 Å². The topological polar surface area (TPSA) is 115 Å². The van der Waals surface area contributed by atoms with Crippen molar-refractivity contribution in [3.8, 4) is 11.5 Å². The van der Waals surface area contributed by atoms with Crippen molar-refractivity contribution in [2.24, 2.45) is 15.9 Å². The number of amides is 2. The number of aliphatic imine (C=N–C) groups is 2. The number of isocyanates is 2. The van der Waals surface area contributed by atoms with Crippen molar-refractivity contribution >= 4 is 24.3 Å². The van der Waals surface area contributed by atoms with Gasteiger partial charge in [0.1, 0.15) is 11.5 Å². The zero-order valence-corrected chi connectivity index (χ0v) is 18.8. The van der Waals surface area contributed by atoms with E-state index in [4.69, 9.17) is 9.47 Å². The Kier molecular flexibility index (Phi) is 12.1. The number of ether oxygens (including phenoxy) is 2. The van der Waals surface area contributed by atoms with Crippen LogP contribution in [-0.4, -0.2) is 48.9 Å². The molecule has 2 aromatic carbocycles. The van der Waals surface area contributed by atoms with E-state index in [1.165, 1.54) is 12.2 Å². The molecular formula is C25H27N3O6. The van der Waals surface area contributed by atoms with E-state index in [1.807, 2.05) is 0 Å². The van der Waals surface area contributed by atoms with Gasteiger partial charge in [0.25, 0.3) is 0 Å². The zero-order valence-electron chi connectivity index (χ0n) is 18.8. The Morgan fingerprint density at radius 3 is 1.71 bits per heavy atom. The molecule has 1 atom stereocenters. The molecule has 2 aromatic rings. The van der Waals surface area contributed by atoms with E-state index in [0.29, 0.717) is 50.3 Å². The van der Waals surface area contributed by atoms with Crippen LogP contribution in [0, 0.1) is 5.92 Å². The molecule has 0 N–H and O–H groups in total. The molecule has 2 rings (SSSR count). The maximum absolute atomic E-state index is 12.9. The molecule has 178 valence electrons. The molecular weight excluding hydrogens is 438 g/mol. The van der Waals surface area contributed by atoms with Gasteiger partial charge in [-0.1, -0.05) is 42.8 Å². The van der Waals surface area contributed by atoms with Crippen LogP contribution in [0.15, 0.2) is 70.6 Å². The van der Waals surface area contributed by atoms with Gasteiger partial charge in [-0.2, -0.15) is 0 Å². The average Bonchev–Trinajstić information content (AvgIpc) is 2.85. The lowest BCUT2D eigenvalue weighted by atomic mass is 9.96. The van der Waals surface area contributed by atoms with Gasteiger partial charge >= 0.3 is 12.2 Å². The van der Waals surface area contributed by atoms with Gasteiger partial charge in [0.15, 0.2) is 0 Å². The van der Waals surface area contributed by atoms with Gasteiger partial charge in [-0.05, 0) is 55.9 Å². The lowest BCUT2D eigenvalue weighted by molar-refractivity contribution is 0.122. The van der Waals surface area contributed by atoms with Crippen molar-refractivity contribution < 1.29 is 28.7 Å². The molecule has 0 aromatic heterocycles. The molecule has 9 heteroatoms. The Morgan fingerprint density at radius 2 is 1.21 bits per heavy atom. The third-order valence-electron chi connectivity index (χ3n) is 4.92. The first kappa shape index (κ1) is 26.2. The van der Waals surface area contributed by atoms with Gasteiger partial charge in [-0.3, -0.25) is 0 Å². The summed E-state index contributed by atoms with van der Waals surface area (Å²) < 4.78 is 10.8. The standard InChI is InChI=1S/C25H27N3O6/c29-19-26-16-8-7-10-21(11-9-17-27-20-30)18-28(24(31)33-22-12-3-1-4-13-22)25(32)34-23-14-5-2-6-15-23/h1-6,12-15,21H,7-11,16-18H2. The minimum atomic E-state index is -0.853. The quantitative estimate of drug-likeness (QED) is 0.235. The maximum Gasteiger partial charge on any atom is 0.424 e. The van der Waals surface area contributed by atoms with Crippen LogP contribution in [0.2, 0.25) is 0 Å². The first-order valence-corrected chi connectivity index (χ1v) is 11.0. The summed E-state index contributed by atoms with van der Waals surface area (Å²) in [4.78, 5) is 54.6. The molecule has 0 fully saturated rings. The van der Waals surface area contributed by atoms with Crippen molar-refractivity contribution in [3.05, 3.63) is 60.7 Å². The van der Waals surface area contributed by atoms with E-state index in [0.717, 1.165) is 11.3 Å². The second-order valence-electron chi connectivity index (χ2n) is 7.42. The first-order valence-electron chi connectivity index (χ1n) is 11.0. The molecule has 0 spiro atoms. The predicted octanol–water partition coefficient (Wildman–Crippen LogP) is 4.92. The zero-order chi connectivity index (χ0) is 24.4. The number of carbonyl (C=O) groups is 2. The van der Waals surface area contributed by atoms with Crippen LogP contribution in [0.5, 0.6) is 11.5 Å². The van der Waals surface area contributed by atoms with Gasteiger partial charge in [0.05, 0.1) is 13.1 Å². The molecule has 0 aliphatic carbocycles. The molecule has 0 heterocycles. The molecule has 0 bridgehead atoms. The summed E-state index contributed by atoms with van der Waals surface area (Å²) in [6.07, 6.45) is 4.55. The number of unbranched alkanes of at least 4 members (excludes halogenated alkanes) is 1. The number of benzene rings is 2. The van der Waals surface area contributed by atoms with E-state index < -0.39 is 12.2 Å². The molecule has 0 saturated carbocycles. The van der Waals surface area contributed by atoms with Crippen molar-refractivity contribution in [3.63, 3.8) is 0 Å². The molecule has 0 aliphatic heterocycles. The number of hydrogen-bond donors (Lipinski definition) is 0. The van der Waals surface area contributed by atoms with Gasteiger partial charge in [0, 0.05) is 6.54 Å². The highest BCUT2D eigenvalue weighted by Crippen LogP contribution is 2.20. The third-order valence-corrected chi connectivity index (χ3v) is 4.92. The Labute approximate surface area is 198 Å². The molecule has 34 heavy (non-hydrogen) atoms. The summed E-state index contributed by atoms with van der Waals surface area (Å²) in [5.41, 5.74) is 0. The SMILES string of the molecule is O=C=NCCCCC(CCCN=C=O)CN(C(=O)Oc1ccccc1)C(=O)Oc1ccccc1. The van der Waals surface area contributed by atoms with E-state index >= 15 is 0 Å². The molecule has 0 radical (unpaired) electrons. The fraction of sp³-hybridized carbons (Fsp3) is 0.360. The predicted molar refractivity (Wildman–Crippen MR) is 124 cm³/mol. The lowest BCUT2D eigenvalue weighted by Crippen LogP contribution is -2.43. The smallest absolute Gasteiger partial charge is 0.410 e. The lowest BCUT2D eigenvalue weighted by Gasteiger charge is -2.25. The number of nitrogens with zero attached hydrogens (tertiary/aromatic N) is 3. The molecule has 1 unspecified atom stereocenters. The van der Waals surface area contributed by atoms with E-state index in [-0.39, 0.29) is 12.5 Å². The summed E-state index contributed by atoms with van der Waals surface area (Å²) in [5.74, 6) is 0.496. The Hall–Kier alpha value is -4.06. The van der Waals surface area contributed by atoms with Crippen molar-refractivity contribution in [1.29, 1.82) is 0 Å². The highest BCUT2D eigenvalue weighted by atomic mass is 16.6. The van der Waals surface area contributed by atoms with Gasteiger partial charge < -0.3 is 9.47 Å². The fourth-order valence-electron chi connectivity index (χ4n) is 3.27. The highest BCUT2D eigenvalue weighted by molar-refractivity contribution is 5.89. The number of hydrogen-bond acceptors (Lipinski definition) is 8. The van der Waals surface area contributed by atoms with Crippen molar-refractivity contribution in [2.45, 2.75) is 32.1 Å². The summed E-state index contributed by atoms with van der Waals surface area (Å²) in [7, 11) is 0. The number of carbonyl (C=O) groups excluding carboxylic acids is 4. The van der Waals surface area contributed by atoms with Crippen LogP contribution in [-0.2, 0) is 9.59 Å². The Bertz CT molecular complexity index is 933. The normalized spacial score (nSPS) is 10.8. The van der Waals surface area contributed by atoms with Crippen LogP contribution in [0.3, 0.4) is 0 Å². The van der Waals surface area contributed by atoms with Crippen LogP contribution >= 0.6 is 0 Å². The summed E-state index contributed by atoms with van der Waals surface area (Å²) in [6, 6.07) is 16.9. The third kappa shape index (κ3) is 10.0. The van der Waals surface area contributed by atoms with E-state index in [2.05, 4.69) is 9.98 Å². The van der Waals surface area contributed by atoms with Crippen LogP contribution in [0.1, 0.15) is 32.1 Å². The summed E-state index contributed by atoms with van der Waals surface area (Å²) in [5, 5.41) is 0. The second kappa shape index (κ2) is 15.7.